The van der Waals surface area contributed by atoms with Crippen LogP contribution in [0.4, 0.5) is 0 Å². The summed E-state index contributed by atoms with van der Waals surface area (Å²) in [4.78, 5) is 0. The third kappa shape index (κ3) is 3.20. The molecule has 2 aliphatic rings. The Morgan fingerprint density at radius 1 is 0.812 bits per heavy atom. The lowest BCUT2D eigenvalue weighted by atomic mass is 9.99. The van der Waals surface area contributed by atoms with Crippen molar-refractivity contribution in [2.24, 2.45) is 5.73 Å². The van der Waals surface area contributed by atoms with Crippen LogP contribution in [0.25, 0.3) is 0 Å². The van der Waals surface area contributed by atoms with E-state index in [9.17, 15) is 0 Å². The normalized spacial score (nSPS) is 27.2. The van der Waals surface area contributed by atoms with Gasteiger partial charge in [-0.1, -0.05) is 46.4 Å². The van der Waals surface area contributed by atoms with Gasteiger partial charge in [0.1, 0.15) is 0 Å². The summed E-state index contributed by atoms with van der Waals surface area (Å²) in [5, 5.41) is 0. The van der Waals surface area contributed by atoms with Crippen molar-refractivity contribution < 1.29 is 0 Å². The molecular weight excluding hydrogens is 213 g/mol. The topological polar surface area (TPSA) is 26.0 Å². The SMILES string of the molecule is CC(N)P(C1CCCCC1)C1CCCCC1. The van der Waals surface area contributed by atoms with E-state index in [2.05, 4.69) is 6.92 Å². The minimum Gasteiger partial charge on any atom is -0.324 e. The first kappa shape index (κ1) is 12.8. The van der Waals surface area contributed by atoms with Gasteiger partial charge in [-0.05, 0) is 43.9 Å². The van der Waals surface area contributed by atoms with E-state index in [1.54, 1.807) is 0 Å². The maximum Gasteiger partial charge on any atom is 0.0219 e. The first-order valence-corrected chi connectivity index (χ1v) is 8.87. The van der Waals surface area contributed by atoms with Gasteiger partial charge in [-0.3, -0.25) is 0 Å². The Balaban J connectivity index is 1.96. The molecule has 0 amide bonds. The molecule has 1 atom stereocenters. The first-order valence-electron chi connectivity index (χ1n) is 7.32. The van der Waals surface area contributed by atoms with E-state index in [-0.39, 0.29) is 7.92 Å². The summed E-state index contributed by atoms with van der Waals surface area (Å²) in [6.45, 7) is 2.29. The Bertz CT molecular complexity index is 175. The Kier molecular flexibility index (Phi) is 5.10. The molecular formula is C14H28NP. The van der Waals surface area contributed by atoms with Gasteiger partial charge in [-0.25, -0.2) is 0 Å². The number of rotatable bonds is 3. The molecule has 0 radical (unpaired) electrons. The van der Waals surface area contributed by atoms with Gasteiger partial charge in [0.2, 0.25) is 0 Å². The second-order valence-corrected chi connectivity index (χ2v) is 8.94. The lowest BCUT2D eigenvalue weighted by Gasteiger charge is -2.40. The molecule has 0 aromatic rings. The fraction of sp³-hybridized carbons (Fsp3) is 1.00. The molecule has 0 aliphatic heterocycles. The number of hydrogen-bond acceptors (Lipinski definition) is 1. The van der Waals surface area contributed by atoms with Crippen LogP contribution in [-0.2, 0) is 0 Å². The lowest BCUT2D eigenvalue weighted by molar-refractivity contribution is 0.481. The van der Waals surface area contributed by atoms with Crippen molar-refractivity contribution in [2.75, 3.05) is 0 Å². The molecule has 2 N–H and O–H groups in total. The van der Waals surface area contributed by atoms with Gasteiger partial charge in [0, 0.05) is 5.78 Å². The molecule has 0 aromatic carbocycles. The molecule has 2 aliphatic carbocycles. The van der Waals surface area contributed by atoms with Gasteiger partial charge in [0.15, 0.2) is 0 Å². The van der Waals surface area contributed by atoms with E-state index in [1.165, 1.54) is 64.2 Å². The Morgan fingerprint density at radius 2 is 1.19 bits per heavy atom. The second-order valence-electron chi connectivity index (χ2n) is 5.77. The zero-order chi connectivity index (χ0) is 11.4. The quantitative estimate of drug-likeness (QED) is 0.726. The van der Waals surface area contributed by atoms with E-state index in [1.807, 2.05) is 0 Å². The maximum absolute atomic E-state index is 6.33. The highest BCUT2D eigenvalue weighted by molar-refractivity contribution is 7.59. The summed E-state index contributed by atoms with van der Waals surface area (Å²) in [6.07, 6.45) is 14.8. The molecule has 0 spiro atoms. The highest BCUT2D eigenvalue weighted by Crippen LogP contribution is 2.57. The molecule has 2 fully saturated rings. The Morgan fingerprint density at radius 3 is 1.50 bits per heavy atom. The molecule has 0 aromatic heterocycles. The molecule has 94 valence electrons. The van der Waals surface area contributed by atoms with E-state index in [0.717, 1.165) is 11.3 Å². The van der Waals surface area contributed by atoms with Gasteiger partial charge in [-0.15, -0.1) is 0 Å². The second kappa shape index (κ2) is 6.36. The van der Waals surface area contributed by atoms with Crippen molar-refractivity contribution in [1.29, 1.82) is 0 Å². The smallest absolute Gasteiger partial charge is 0.0219 e. The molecule has 0 saturated heterocycles. The van der Waals surface area contributed by atoms with Crippen LogP contribution in [-0.4, -0.2) is 17.1 Å². The highest BCUT2D eigenvalue weighted by Gasteiger charge is 2.32. The zero-order valence-corrected chi connectivity index (χ0v) is 11.7. The van der Waals surface area contributed by atoms with E-state index in [4.69, 9.17) is 5.73 Å². The lowest BCUT2D eigenvalue weighted by Crippen LogP contribution is -2.29. The fourth-order valence-corrected chi connectivity index (χ4v) is 7.57. The van der Waals surface area contributed by atoms with Crippen LogP contribution >= 0.6 is 7.92 Å². The van der Waals surface area contributed by atoms with Crippen LogP contribution in [0, 0.1) is 0 Å². The van der Waals surface area contributed by atoms with Gasteiger partial charge in [0.05, 0.1) is 0 Å². The molecule has 2 heteroatoms. The molecule has 16 heavy (non-hydrogen) atoms. The maximum atomic E-state index is 6.33. The summed E-state index contributed by atoms with van der Waals surface area (Å²) in [5.74, 6) is 0.487. The van der Waals surface area contributed by atoms with Gasteiger partial charge >= 0.3 is 0 Å². The Labute approximate surface area is 102 Å². The Hall–Kier alpha value is 0.390. The van der Waals surface area contributed by atoms with Crippen molar-refractivity contribution >= 4 is 7.92 Å². The molecule has 0 bridgehead atoms. The molecule has 1 nitrogen and oxygen atoms in total. The predicted octanol–water partition coefficient (Wildman–Crippen LogP) is 4.44. The average molecular weight is 241 g/mol. The van der Waals surface area contributed by atoms with E-state index >= 15 is 0 Å². The predicted molar refractivity (Wildman–Crippen MR) is 74.3 cm³/mol. The third-order valence-electron chi connectivity index (χ3n) is 4.46. The van der Waals surface area contributed by atoms with Gasteiger partial charge in [-0.2, -0.15) is 0 Å². The summed E-state index contributed by atoms with van der Waals surface area (Å²) in [7, 11) is 0.122. The average Bonchev–Trinajstić information content (AvgIpc) is 2.31. The van der Waals surface area contributed by atoms with Gasteiger partial charge in [0.25, 0.3) is 0 Å². The fourth-order valence-electron chi connectivity index (χ4n) is 3.72. The number of nitrogens with two attached hydrogens (primary N) is 1. The van der Waals surface area contributed by atoms with Crippen LogP contribution in [0.15, 0.2) is 0 Å². The molecule has 2 rings (SSSR count). The number of hydrogen-bond donors (Lipinski definition) is 1. The van der Waals surface area contributed by atoms with Crippen LogP contribution in [0.5, 0.6) is 0 Å². The molecule has 2 saturated carbocycles. The summed E-state index contributed by atoms with van der Waals surface area (Å²) in [5.41, 5.74) is 8.37. The molecule has 0 heterocycles. The highest BCUT2D eigenvalue weighted by atomic mass is 31.1. The first-order chi connectivity index (χ1) is 7.79. The standard InChI is InChI=1S/C14H28NP/c1-12(15)16(13-8-4-2-5-9-13)14-10-6-3-7-11-14/h12-14H,2-11,15H2,1H3. The third-order valence-corrected chi connectivity index (χ3v) is 8.12. The van der Waals surface area contributed by atoms with E-state index < -0.39 is 0 Å². The minimum atomic E-state index is 0.122. The van der Waals surface area contributed by atoms with Crippen molar-refractivity contribution in [2.45, 2.75) is 88.2 Å². The van der Waals surface area contributed by atoms with Gasteiger partial charge < -0.3 is 5.73 Å². The van der Waals surface area contributed by atoms with Crippen LogP contribution in [0.1, 0.15) is 71.1 Å². The monoisotopic (exact) mass is 241 g/mol. The summed E-state index contributed by atoms with van der Waals surface area (Å²) in [6, 6.07) is 0. The van der Waals surface area contributed by atoms with Crippen LogP contribution in [0.3, 0.4) is 0 Å². The largest absolute Gasteiger partial charge is 0.324 e. The summed E-state index contributed by atoms with van der Waals surface area (Å²) < 4.78 is 0. The van der Waals surface area contributed by atoms with Crippen molar-refractivity contribution in [3.05, 3.63) is 0 Å². The summed E-state index contributed by atoms with van der Waals surface area (Å²) >= 11 is 0. The van der Waals surface area contributed by atoms with Crippen molar-refractivity contribution in [1.82, 2.24) is 0 Å². The van der Waals surface area contributed by atoms with Crippen LogP contribution < -0.4 is 5.73 Å². The van der Waals surface area contributed by atoms with Crippen LogP contribution in [0.2, 0.25) is 0 Å². The van der Waals surface area contributed by atoms with Crippen molar-refractivity contribution in [3.63, 3.8) is 0 Å². The van der Waals surface area contributed by atoms with Crippen molar-refractivity contribution in [3.8, 4) is 0 Å². The minimum absolute atomic E-state index is 0.122. The molecule has 1 unspecified atom stereocenters. The zero-order valence-electron chi connectivity index (χ0n) is 10.8. The van der Waals surface area contributed by atoms with E-state index in [0.29, 0.717) is 5.78 Å².